The number of aromatic nitrogens is 2. The summed E-state index contributed by atoms with van der Waals surface area (Å²) in [4.78, 5) is 31.5. The number of carbonyl (C=O) groups excluding carboxylic acids is 2. The maximum absolute atomic E-state index is 13.1. The zero-order valence-corrected chi connectivity index (χ0v) is 35.6. The molecule has 0 spiro atoms. The summed E-state index contributed by atoms with van der Waals surface area (Å²) in [6.07, 6.45) is 2.62. The number of nitrogens with one attached hydrogen (secondary N) is 1. The van der Waals surface area contributed by atoms with Gasteiger partial charge in [-0.2, -0.15) is 0 Å². The normalized spacial score (nSPS) is 18.7. The Morgan fingerprint density at radius 1 is 0.707 bits per heavy atom. The minimum atomic E-state index is -3.57. The number of nitrogens with zero attached hydrogens (tertiary/aromatic N) is 5. The Bertz CT molecular complexity index is 2410. The smallest absolute Gasteiger partial charge is 0.253 e. The Balaban J connectivity index is 0.000000178. The van der Waals surface area contributed by atoms with Gasteiger partial charge in [0.05, 0.1) is 29.1 Å². The lowest BCUT2D eigenvalue weighted by atomic mass is 9.98. The fourth-order valence-electron chi connectivity index (χ4n) is 8.92. The van der Waals surface area contributed by atoms with Crippen LogP contribution in [0.3, 0.4) is 0 Å². The van der Waals surface area contributed by atoms with Gasteiger partial charge in [0.2, 0.25) is 20.0 Å². The molecule has 0 atom stereocenters. The number of hydrogen-bond donors (Lipinski definition) is 1. The van der Waals surface area contributed by atoms with Crippen LogP contribution in [0.1, 0.15) is 96.6 Å². The number of halogens is 2. The minimum absolute atomic E-state index is 0.0485. The number of fused-ring (bicyclic) bond motifs is 6. The third-order valence-corrected chi connectivity index (χ3v) is 15.9. The maximum Gasteiger partial charge on any atom is 0.253 e. The first-order valence-corrected chi connectivity index (χ1v) is 23.9. The van der Waals surface area contributed by atoms with Crippen LogP contribution < -0.4 is 5.32 Å². The molecule has 2 aromatic carbocycles. The van der Waals surface area contributed by atoms with Crippen LogP contribution in [0, 0.1) is 11.8 Å². The fourth-order valence-corrected chi connectivity index (χ4v) is 11.4. The first-order chi connectivity index (χ1) is 27.6. The van der Waals surface area contributed by atoms with Crippen molar-refractivity contribution in [2.24, 2.45) is 11.8 Å². The summed E-state index contributed by atoms with van der Waals surface area (Å²) in [6.45, 7) is 12.4. The number of benzene rings is 2. The number of alkyl halides is 2. The average Bonchev–Trinajstić information content (AvgIpc) is 3.74. The van der Waals surface area contributed by atoms with E-state index in [-0.39, 0.29) is 36.4 Å². The van der Waals surface area contributed by atoms with E-state index in [0.29, 0.717) is 84.1 Å². The van der Waals surface area contributed by atoms with Crippen LogP contribution in [0.25, 0.3) is 21.8 Å². The summed E-state index contributed by atoms with van der Waals surface area (Å²) >= 11 is 0. The first kappa shape index (κ1) is 42.3. The zero-order valence-electron chi connectivity index (χ0n) is 34.0. The summed E-state index contributed by atoms with van der Waals surface area (Å²) in [7, 11) is -6.96. The van der Waals surface area contributed by atoms with E-state index in [1.54, 1.807) is 49.1 Å². The topological polar surface area (TPSA) is 134 Å². The van der Waals surface area contributed by atoms with E-state index in [4.69, 9.17) is 0 Å². The van der Waals surface area contributed by atoms with Crippen molar-refractivity contribution in [2.75, 3.05) is 57.3 Å². The molecule has 2 aromatic heterocycles. The third kappa shape index (κ3) is 8.30. The quantitative estimate of drug-likeness (QED) is 0.239. The van der Waals surface area contributed by atoms with Crippen LogP contribution in [0.15, 0.2) is 36.4 Å². The van der Waals surface area contributed by atoms with Gasteiger partial charge < -0.3 is 15.1 Å². The number of hydrogen-bond acceptors (Lipinski definition) is 8. The van der Waals surface area contributed by atoms with Crippen molar-refractivity contribution >= 4 is 53.7 Å². The number of likely N-dealkylation sites (tertiary alicyclic amines) is 2. The van der Waals surface area contributed by atoms with Crippen LogP contribution in [-0.2, 0) is 46.0 Å². The van der Waals surface area contributed by atoms with E-state index in [2.05, 4.69) is 19.2 Å². The highest BCUT2D eigenvalue weighted by atomic mass is 32.2. The Morgan fingerprint density at radius 3 is 1.64 bits per heavy atom. The molecule has 2 amide bonds. The Morgan fingerprint density at radius 2 is 1.17 bits per heavy atom. The molecule has 6 heterocycles. The van der Waals surface area contributed by atoms with Crippen LogP contribution in [0.4, 0.5) is 8.78 Å². The van der Waals surface area contributed by atoms with Gasteiger partial charge in [-0.1, -0.05) is 13.8 Å². The summed E-state index contributed by atoms with van der Waals surface area (Å²) in [5.41, 5.74) is 5.64. The summed E-state index contributed by atoms with van der Waals surface area (Å²) < 4.78 is 80.0. The molecule has 4 aliphatic heterocycles. The second kappa shape index (κ2) is 17.0. The van der Waals surface area contributed by atoms with Gasteiger partial charge >= 0.3 is 0 Å². The van der Waals surface area contributed by atoms with Crippen LogP contribution >= 0.6 is 0 Å². The fraction of sp³-hybridized carbons (Fsp3) is 0.571. The second-order valence-corrected chi connectivity index (χ2v) is 20.6. The molecule has 4 aromatic rings. The van der Waals surface area contributed by atoms with Crippen molar-refractivity contribution in [3.05, 3.63) is 70.0 Å². The molecule has 12 nitrogen and oxygen atoms in total. The van der Waals surface area contributed by atoms with Crippen LogP contribution in [0.2, 0.25) is 0 Å². The number of piperidine rings is 2. The molecule has 316 valence electrons. The van der Waals surface area contributed by atoms with Crippen molar-refractivity contribution in [3.63, 3.8) is 0 Å². The van der Waals surface area contributed by atoms with E-state index in [0.717, 1.165) is 67.5 Å². The number of rotatable bonds is 8. The van der Waals surface area contributed by atoms with Gasteiger partial charge in [0.1, 0.15) is 0 Å². The van der Waals surface area contributed by atoms with Gasteiger partial charge in [0.15, 0.2) is 0 Å². The van der Waals surface area contributed by atoms with E-state index in [1.165, 1.54) is 7.94 Å². The van der Waals surface area contributed by atoms with Crippen molar-refractivity contribution < 1.29 is 35.2 Å². The highest BCUT2D eigenvalue weighted by molar-refractivity contribution is 7.90. The SMILES string of the molecule is CCS(=O)(=O)n1c2c(c3cc(C(=O)N4CCC(C)CC4)ccc31)CN(CC(F)F)CC2.CCS(=O)(=O)n1c2c(c3cc(C(=O)N4CCC(C)CC4)ccc31)CNCC2. The van der Waals surface area contributed by atoms with Gasteiger partial charge in [0.25, 0.3) is 18.2 Å². The first-order valence-electron chi connectivity index (χ1n) is 20.7. The van der Waals surface area contributed by atoms with E-state index in [9.17, 15) is 35.2 Å². The third-order valence-electron chi connectivity index (χ3n) is 12.5. The van der Waals surface area contributed by atoms with Gasteiger partial charge in [-0.3, -0.25) is 14.5 Å². The highest BCUT2D eigenvalue weighted by Crippen LogP contribution is 2.35. The Labute approximate surface area is 340 Å². The van der Waals surface area contributed by atoms with Crippen molar-refractivity contribution in [1.82, 2.24) is 28.0 Å². The highest BCUT2D eigenvalue weighted by Gasteiger charge is 2.32. The van der Waals surface area contributed by atoms with E-state index >= 15 is 0 Å². The standard InChI is InChI=1S/C22H29F2N3O3S.C20H27N3O3S/c1-3-31(29,30)27-19-5-4-16(22(28)26-10-6-15(2)7-11-26)12-17(19)18-13-25(14-21(23)24)9-8-20(18)27;1-3-27(25,26)23-18-5-4-15(20(24)22-10-7-14(2)8-11-22)12-16(18)17-13-21-9-6-19(17)23/h4-5,12,15,21H,3,6-11,13-14H2,1-2H3;4-5,12,14,21H,3,6-11,13H2,1-2H3. The van der Waals surface area contributed by atoms with E-state index in [1.807, 2.05) is 15.9 Å². The van der Waals surface area contributed by atoms with Gasteiger partial charge in [-0.15, -0.1) is 0 Å². The largest absolute Gasteiger partial charge is 0.339 e. The minimum Gasteiger partial charge on any atom is -0.339 e. The molecule has 4 aliphatic rings. The number of amides is 2. The van der Waals surface area contributed by atoms with Crippen LogP contribution in [-0.4, -0.2) is 115 Å². The average molecular weight is 843 g/mol. The van der Waals surface area contributed by atoms with Gasteiger partial charge in [0, 0.05) is 98.5 Å². The number of carbonyl (C=O) groups is 2. The van der Waals surface area contributed by atoms with Crippen molar-refractivity contribution in [2.45, 2.75) is 85.7 Å². The van der Waals surface area contributed by atoms with Crippen molar-refractivity contribution in [3.8, 4) is 0 Å². The maximum atomic E-state index is 13.1. The molecular formula is C42H56F2N6O6S2. The molecule has 0 aliphatic carbocycles. The molecule has 0 bridgehead atoms. The van der Waals surface area contributed by atoms with Crippen molar-refractivity contribution in [1.29, 1.82) is 0 Å². The molecule has 0 unspecified atom stereocenters. The molecule has 58 heavy (non-hydrogen) atoms. The predicted octanol–water partition coefficient (Wildman–Crippen LogP) is 5.69. The molecular weight excluding hydrogens is 787 g/mol. The van der Waals surface area contributed by atoms with Crippen LogP contribution in [0.5, 0.6) is 0 Å². The lowest BCUT2D eigenvalue weighted by Gasteiger charge is -2.30. The van der Waals surface area contributed by atoms with E-state index < -0.39 is 26.5 Å². The summed E-state index contributed by atoms with van der Waals surface area (Å²) in [5.74, 6) is 1.26. The molecule has 0 radical (unpaired) electrons. The lowest BCUT2D eigenvalue weighted by Crippen LogP contribution is -2.37. The van der Waals surface area contributed by atoms with Gasteiger partial charge in [-0.05, 0) is 98.9 Å². The molecule has 2 fully saturated rings. The Kier molecular flexibility index (Phi) is 12.4. The molecule has 16 heteroatoms. The Hall–Kier alpha value is -3.86. The molecule has 1 N–H and O–H groups in total. The zero-order chi connectivity index (χ0) is 41.5. The molecule has 2 saturated heterocycles. The second-order valence-electron chi connectivity index (χ2n) is 16.4. The van der Waals surface area contributed by atoms with Gasteiger partial charge in [-0.25, -0.2) is 33.6 Å². The molecule has 8 rings (SSSR count). The monoisotopic (exact) mass is 842 g/mol. The summed E-state index contributed by atoms with van der Waals surface area (Å²) in [6, 6.07) is 10.6. The predicted molar refractivity (Wildman–Crippen MR) is 223 cm³/mol. The molecule has 0 saturated carbocycles. The lowest BCUT2D eigenvalue weighted by molar-refractivity contribution is 0.0689. The summed E-state index contributed by atoms with van der Waals surface area (Å²) in [5, 5.41) is 4.88.